The number of rotatable bonds is 7. The van der Waals surface area contributed by atoms with Crippen molar-refractivity contribution in [3.63, 3.8) is 0 Å². The van der Waals surface area contributed by atoms with Crippen LogP contribution < -0.4 is 25.3 Å². The number of aromatic nitrogens is 1. The van der Waals surface area contributed by atoms with E-state index in [9.17, 15) is 0 Å². The number of guanidine groups is 1. The molecule has 1 saturated carbocycles. The minimum atomic E-state index is 0.287. The number of nitrogens with two attached hydrogens (primary N) is 1. The Balaban J connectivity index is 1.64. The lowest BCUT2D eigenvalue weighted by atomic mass is 9.96. The Labute approximate surface area is 153 Å². The fraction of sp³-hybridized carbons (Fsp3) is 0.368. The summed E-state index contributed by atoms with van der Waals surface area (Å²) in [6.07, 6.45) is 5.46. The summed E-state index contributed by atoms with van der Waals surface area (Å²) in [5.41, 5.74) is 7.69. The fourth-order valence-corrected chi connectivity index (χ4v) is 2.54. The molecule has 1 heterocycles. The van der Waals surface area contributed by atoms with E-state index >= 15 is 0 Å². The molecule has 0 atom stereocenters. The highest BCUT2D eigenvalue weighted by atomic mass is 16.5. The van der Waals surface area contributed by atoms with Gasteiger partial charge in [0.1, 0.15) is 17.6 Å². The van der Waals surface area contributed by atoms with Crippen LogP contribution in [0.4, 0.5) is 5.69 Å². The second-order valence-electron chi connectivity index (χ2n) is 6.07. The molecule has 0 amide bonds. The third kappa shape index (κ3) is 4.56. The maximum Gasteiger partial charge on any atom is 0.213 e. The van der Waals surface area contributed by atoms with Crippen LogP contribution in [0.15, 0.2) is 41.5 Å². The highest BCUT2D eigenvalue weighted by Gasteiger charge is 2.19. The molecule has 1 aliphatic carbocycles. The van der Waals surface area contributed by atoms with Crippen LogP contribution in [0.1, 0.15) is 24.8 Å². The molecule has 0 spiro atoms. The van der Waals surface area contributed by atoms with E-state index in [0.29, 0.717) is 35.7 Å². The first kappa shape index (κ1) is 17.8. The van der Waals surface area contributed by atoms with Crippen LogP contribution in [0.5, 0.6) is 17.4 Å². The second kappa shape index (κ2) is 8.42. The number of nitrogens with one attached hydrogen (secondary N) is 1. The summed E-state index contributed by atoms with van der Waals surface area (Å²) in [7, 11) is 3.21. The van der Waals surface area contributed by atoms with E-state index in [4.69, 9.17) is 19.9 Å². The van der Waals surface area contributed by atoms with E-state index in [0.717, 1.165) is 18.4 Å². The largest absolute Gasteiger partial charge is 0.497 e. The van der Waals surface area contributed by atoms with E-state index < -0.39 is 0 Å². The number of methoxy groups -OCH3 is 2. The molecule has 1 fully saturated rings. The average Bonchev–Trinajstić information content (AvgIpc) is 2.63. The maximum absolute atomic E-state index is 6.01. The Kier molecular flexibility index (Phi) is 5.78. The lowest BCUT2D eigenvalue weighted by Gasteiger charge is -2.25. The molecule has 7 nitrogen and oxygen atoms in total. The molecule has 0 bridgehead atoms. The van der Waals surface area contributed by atoms with Crippen LogP contribution in [0.2, 0.25) is 0 Å². The summed E-state index contributed by atoms with van der Waals surface area (Å²) in [5, 5.41) is 3.05. The molecular formula is C19H24N4O3. The van der Waals surface area contributed by atoms with E-state index in [1.807, 2.05) is 18.2 Å². The topological polar surface area (TPSA) is 91.0 Å². The molecule has 1 aliphatic rings. The van der Waals surface area contributed by atoms with Gasteiger partial charge in [0.15, 0.2) is 5.96 Å². The molecular weight excluding hydrogens is 332 g/mol. The predicted octanol–water partition coefficient (Wildman–Crippen LogP) is 2.96. The fourth-order valence-electron chi connectivity index (χ4n) is 2.54. The molecule has 2 aromatic rings. The summed E-state index contributed by atoms with van der Waals surface area (Å²) in [4.78, 5) is 8.63. The van der Waals surface area contributed by atoms with Gasteiger partial charge in [-0.15, -0.1) is 0 Å². The Bertz CT molecular complexity index is 775. The quantitative estimate of drug-likeness (QED) is 0.585. The smallest absolute Gasteiger partial charge is 0.213 e. The second-order valence-corrected chi connectivity index (χ2v) is 6.07. The minimum absolute atomic E-state index is 0.287. The van der Waals surface area contributed by atoms with Crippen LogP contribution in [0.25, 0.3) is 0 Å². The molecule has 0 saturated heterocycles. The van der Waals surface area contributed by atoms with Gasteiger partial charge >= 0.3 is 0 Å². The first-order valence-electron chi connectivity index (χ1n) is 8.58. The lowest BCUT2D eigenvalue weighted by molar-refractivity contribution is 0.114. The van der Waals surface area contributed by atoms with Crippen molar-refractivity contribution < 1.29 is 14.2 Å². The van der Waals surface area contributed by atoms with Crippen molar-refractivity contribution >= 4 is 11.6 Å². The van der Waals surface area contributed by atoms with Gasteiger partial charge in [0, 0.05) is 18.3 Å². The molecule has 0 radical (unpaired) electrons. The van der Waals surface area contributed by atoms with Crippen molar-refractivity contribution in [2.24, 2.45) is 10.7 Å². The number of hydrogen-bond acceptors (Lipinski definition) is 5. The number of ether oxygens (including phenoxy) is 3. The van der Waals surface area contributed by atoms with E-state index in [1.54, 1.807) is 32.5 Å². The van der Waals surface area contributed by atoms with Gasteiger partial charge in [-0.05, 0) is 43.0 Å². The summed E-state index contributed by atoms with van der Waals surface area (Å²) < 4.78 is 16.4. The van der Waals surface area contributed by atoms with E-state index in [-0.39, 0.29) is 5.96 Å². The number of aliphatic imine (C=N–C) groups is 1. The van der Waals surface area contributed by atoms with E-state index in [2.05, 4.69) is 15.3 Å². The number of benzene rings is 1. The van der Waals surface area contributed by atoms with Crippen LogP contribution in [0.3, 0.4) is 0 Å². The minimum Gasteiger partial charge on any atom is -0.497 e. The number of anilines is 1. The number of pyridine rings is 1. The Hall–Kier alpha value is -2.96. The van der Waals surface area contributed by atoms with Crippen molar-refractivity contribution in [1.82, 2.24) is 4.98 Å². The molecule has 3 N–H and O–H groups in total. The van der Waals surface area contributed by atoms with Crippen LogP contribution in [-0.2, 0) is 6.54 Å². The van der Waals surface area contributed by atoms with Crippen molar-refractivity contribution in [3.8, 4) is 17.4 Å². The Morgan fingerprint density at radius 3 is 2.77 bits per heavy atom. The zero-order chi connectivity index (χ0) is 18.4. The Morgan fingerprint density at radius 2 is 2.08 bits per heavy atom. The first-order chi connectivity index (χ1) is 12.7. The van der Waals surface area contributed by atoms with Gasteiger partial charge in [-0.3, -0.25) is 0 Å². The van der Waals surface area contributed by atoms with Crippen LogP contribution in [-0.4, -0.2) is 31.3 Å². The van der Waals surface area contributed by atoms with Crippen molar-refractivity contribution in [1.29, 1.82) is 0 Å². The molecule has 138 valence electrons. The summed E-state index contributed by atoms with van der Waals surface area (Å²) >= 11 is 0. The third-order valence-electron chi connectivity index (χ3n) is 4.24. The molecule has 3 rings (SSSR count). The predicted molar refractivity (Wildman–Crippen MR) is 101 cm³/mol. The normalized spacial score (nSPS) is 14.5. The monoisotopic (exact) mass is 356 g/mol. The number of nitrogens with zero attached hydrogens (tertiary/aromatic N) is 2. The van der Waals surface area contributed by atoms with Crippen LogP contribution in [0, 0.1) is 0 Å². The van der Waals surface area contributed by atoms with Gasteiger partial charge in [-0.25, -0.2) is 9.98 Å². The first-order valence-corrected chi connectivity index (χ1v) is 8.58. The van der Waals surface area contributed by atoms with Crippen molar-refractivity contribution in [2.45, 2.75) is 31.9 Å². The number of hydrogen-bond donors (Lipinski definition) is 2. The lowest BCUT2D eigenvalue weighted by Crippen LogP contribution is -2.25. The molecule has 7 heteroatoms. The van der Waals surface area contributed by atoms with Gasteiger partial charge in [0.25, 0.3) is 0 Å². The third-order valence-corrected chi connectivity index (χ3v) is 4.24. The zero-order valence-corrected chi connectivity index (χ0v) is 15.1. The van der Waals surface area contributed by atoms with Gasteiger partial charge in [-0.1, -0.05) is 0 Å². The summed E-state index contributed by atoms with van der Waals surface area (Å²) in [5.74, 6) is 2.29. The molecule has 0 unspecified atom stereocenters. The average molecular weight is 356 g/mol. The molecule has 26 heavy (non-hydrogen) atoms. The van der Waals surface area contributed by atoms with Crippen LogP contribution >= 0.6 is 0 Å². The zero-order valence-electron chi connectivity index (χ0n) is 15.1. The van der Waals surface area contributed by atoms with Gasteiger partial charge in [0.05, 0.1) is 26.5 Å². The van der Waals surface area contributed by atoms with Crippen molar-refractivity contribution in [3.05, 3.63) is 42.1 Å². The van der Waals surface area contributed by atoms with Gasteiger partial charge in [-0.2, -0.15) is 0 Å². The van der Waals surface area contributed by atoms with Crippen molar-refractivity contribution in [2.75, 3.05) is 19.5 Å². The highest BCUT2D eigenvalue weighted by Crippen LogP contribution is 2.28. The summed E-state index contributed by atoms with van der Waals surface area (Å²) in [6.45, 7) is 0.425. The standard InChI is InChI=1S/C19H24N4O3/c1-24-15-6-7-17(25-2)16(11-15)23-19(20)22-12-13-8-9-21-18(10-13)26-14-4-3-5-14/h6-11,14H,3-5,12H2,1-2H3,(H3,20,22,23). The Morgan fingerprint density at radius 1 is 1.23 bits per heavy atom. The SMILES string of the molecule is COc1ccc(OC)c(NC(N)=NCc2ccnc(OC3CCC3)c2)c1. The summed E-state index contributed by atoms with van der Waals surface area (Å²) in [6, 6.07) is 9.23. The molecule has 0 aliphatic heterocycles. The van der Waals surface area contributed by atoms with Gasteiger partial charge in [0.2, 0.25) is 5.88 Å². The van der Waals surface area contributed by atoms with Gasteiger partial charge < -0.3 is 25.3 Å². The maximum atomic E-state index is 6.01. The van der Waals surface area contributed by atoms with E-state index in [1.165, 1.54) is 6.42 Å². The molecule has 1 aromatic heterocycles. The highest BCUT2D eigenvalue weighted by molar-refractivity contribution is 5.94. The molecule has 1 aromatic carbocycles.